The Labute approximate surface area is 120 Å². The lowest BCUT2D eigenvalue weighted by molar-refractivity contribution is -0.137. The number of rotatable bonds is 2. The maximum absolute atomic E-state index is 12.7. The molecule has 7 heteroatoms. The van der Waals surface area contributed by atoms with Crippen LogP contribution in [0.5, 0.6) is 0 Å². The van der Waals surface area contributed by atoms with Crippen molar-refractivity contribution < 1.29 is 22.7 Å². The molecule has 2 unspecified atom stereocenters. The molecule has 1 amide bonds. The van der Waals surface area contributed by atoms with Crippen molar-refractivity contribution in [2.24, 2.45) is 11.1 Å². The first-order valence-electron chi connectivity index (χ1n) is 6.47. The van der Waals surface area contributed by atoms with Gasteiger partial charge in [-0.15, -0.1) is 0 Å². The van der Waals surface area contributed by atoms with Gasteiger partial charge in [0.25, 0.3) is 0 Å². The minimum Gasteiger partial charge on any atom is -0.379 e. The van der Waals surface area contributed by atoms with E-state index in [9.17, 15) is 18.0 Å². The van der Waals surface area contributed by atoms with Crippen molar-refractivity contribution in [1.82, 2.24) is 0 Å². The van der Waals surface area contributed by atoms with Crippen molar-refractivity contribution >= 4 is 11.6 Å². The maximum atomic E-state index is 12.7. The van der Waals surface area contributed by atoms with Gasteiger partial charge in [-0.25, -0.2) is 0 Å². The molecule has 2 atom stereocenters. The number of carbonyl (C=O) groups is 1. The molecule has 0 radical (unpaired) electrons. The lowest BCUT2D eigenvalue weighted by Crippen LogP contribution is -2.47. The number of anilines is 1. The summed E-state index contributed by atoms with van der Waals surface area (Å²) < 4.78 is 43.3. The van der Waals surface area contributed by atoms with Crippen molar-refractivity contribution in [1.29, 1.82) is 0 Å². The quantitative estimate of drug-likeness (QED) is 0.881. The first-order chi connectivity index (χ1) is 9.64. The Kier molecular flexibility index (Phi) is 3.99. The summed E-state index contributed by atoms with van der Waals surface area (Å²) in [6.07, 6.45) is -4.45. The van der Waals surface area contributed by atoms with Gasteiger partial charge in [0.2, 0.25) is 5.91 Å². The lowest BCUT2D eigenvalue weighted by Gasteiger charge is -2.26. The summed E-state index contributed by atoms with van der Waals surface area (Å²) in [5.41, 5.74) is 4.77. The fourth-order valence-electron chi connectivity index (χ4n) is 2.12. The smallest absolute Gasteiger partial charge is 0.379 e. The van der Waals surface area contributed by atoms with Crippen molar-refractivity contribution in [3.8, 4) is 0 Å². The normalized spacial score (nSPS) is 25.9. The highest BCUT2D eigenvalue weighted by molar-refractivity contribution is 5.96. The lowest BCUT2D eigenvalue weighted by atomic mass is 9.84. The van der Waals surface area contributed by atoms with Gasteiger partial charge in [-0.2, -0.15) is 13.2 Å². The Morgan fingerprint density at radius 2 is 2.14 bits per heavy atom. The van der Waals surface area contributed by atoms with Crippen LogP contribution in [0.4, 0.5) is 18.9 Å². The summed E-state index contributed by atoms with van der Waals surface area (Å²) in [6, 6.07) is 2.75. The molecule has 3 N–H and O–H groups in total. The van der Waals surface area contributed by atoms with E-state index in [0.717, 1.165) is 12.1 Å². The number of benzene rings is 1. The summed E-state index contributed by atoms with van der Waals surface area (Å²) in [6.45, 7) is 3.68. The Balaban J connectivity index is 2.25. The summed E-state index contributed by atoms with van der Waals surface area (Å²) in [5.74, 6) is -0.435. The molecule has 1 aliphatic rings. The predicted octanol–water partition coefficient (Wildman–Crippen LogP) is 2.32. The fraction of sp³-hybridized carbons (Fsp3) is 0.500. The van der Waals surface area contributed by atoms with Gasteiger partial charge in [-0.05, 0) is 31.5 Å². The molecule has 0 spiro atoms. The molecule has 1 aliphatic heterocycles. The summed E-state index contributed by atoms with van der Waals surface area (Å²) >= 11 is 0. The minimum absolute atomic E-state index is 0.134. The van der Waals surface area contributed by atoms with Gasteiger partial charge in [-0.1, -0.05) is 6.07 Å². The molecule has 1 aromatic rings. The highest BCUT2D eigenvalue weighted by Crippen LogP contribution is 2.33. The molecule has 0 bridgehead atoms. The number of halogens is 3. The van der Waals surface area contributed by atoms with Gasteiger partial charge in [0.1, 0.15) is 0 Å². The first-order valence-corrected chi connectivity index (χ1v) is 6.47. The van der Waals surface area contributed by atoms with Gasteiger partial charge >= 0.3 is 6.18 Å². The number of alkyl halides is 3. The van der Waals surface area contributed by atoms with Crippen LogP contribution in [0.1, 0.15) is 18.1 Å². The van der Waals surface area contributed by atoms with Gasteiger partial charge < -0.3 is 15.8 Å². The second kappa shape index (κ2) is 5.31. The van der Waals surface area contributed by atoms with Crippen molar-refractivity contribution in [2.75, 3.05) is 18.5 Å². The van der Waals surface area contributed by atoms with Crippen LogP contribution in [0.2, 0.25) is 0 Å². The number of amides is 1. The van der Waals surface area contributed by atoms with E-state index < -0.39 is 29.1 Å². The number of nitrogens with one attached hydrogen (secondary N) is 1. The molecule has 0 aliphatic carbocycles. The molecule has 116 valence electrons. The zero-order valence-corrected chi connectivity index (χ0v) is 11.8. The van der Waals surface area contributed by atoms with E-state index in [-0.39, 0.29) is 18.9 Å². The molecule has 0 aromatic heterocycles. The number of carbonyl (C=O) groups excluding carboxylic acids is 1. The molecular weight excluding hydrogens is 285 g/mol. The highest BCUT2D eigenvalue weighted by Gasteiger charge is 2.44. The maximum Gasteiger partial charge on any atom is 0.416 e. The molecule has 1 saturated heterocycles. The Bertz CT molecular complexity index is 560. The van der Waals surface area contributed by atoms with Gasteiger partial charge in [0, 0.05) is 11.7 Å². The topological polar surface area (TPSA) is 64.3 Å². The van der Waals surface area contributed by atoms with Crippen LogP contribution in [0.15, 0.2) is 18.2 Å². The Morgan fingerprint density at radius 3 is 2.67 bits per heavy atom. The van der Waals surface area contributed by atoms with Crippen LogP contribution >= 0.6 is 0 Å². The molecule has 4 nitrogen and oxygen atoms in total. The van der Waals surface area contributed by atoms with E-state index in [2.05, 4.69) is 5.32 Å². The summed E-state index contributed by atoms with van der Waals surface area (Å²) in [5, 5.41) is 2.54. The third kappa shape index (κ3) is 3.03. The highest BCUT2D eigenvalue weighted by atomic mass is 19.4. The summed E-state index contributed by atoms with van der Waals surface area (Å²) in [7, 11) is 0. The Hall–Kier alpha value is -1.60. The van der Waals surface area contributed by atoms with Crippen LogP contribution in [-0.4, -0.2) is 25.2 Å². The summed E-state index contributed by atoms with van der Waals surface area (Å²) in [4.78, 5) is 12.3. The monoisotopic (exact) mass is 302 g/mol. The zero-order chi connectivity index (χ0) is 15.8. The molecule has 1 fully saturated rings. The van der Waals surface area contributed by atoms with Crippen LogP contribution in [0, 0.1) is 12.3 Å². The van der Waals surface area contributed by atoms with E-state index >= 15 is 0 Å². The minimum atomic E-state index is -4.45. The van der Waals surface area contributed by atoms with Crippen LogP contribution in [0.3, 0.4) is 0 Å². The Morgan fingerprint density at radius 1 is 1.48 bits per heavy atom. The van der Waals surface area contributed by atoms with Crippen LogP contribution in [-0.2, 0) is 15.7 Å². The van der Waals surface area contributed by atoms with Gasteiger partial charge in [0.15, 0.2) is 0 Å². The average Bonchev–Trinajstić information content (AvgIpc) is 2.72. The second-order valence-corrected chi connectivity index (χ2v) is 5.52. The number of aryl methyl sites for hydroxylation is 1. The largest absolute Gasteiger partial charge is 0.416 e. The van der Waals surface area contributed by atoms with E-state index in [1.807, 2.05) is 0 Å². The van der Waals surface area contributed by atoms with E-state index in [4.69, 9.17) is 10.5 Å². The van der Waals surface area contributed by atoms with Crippen LogP contribution in [0.25, 0.3) is 0 Å². The molecule has 1 aromatic carbocycles. The van der Waals surface area contributed by atoms with Crippen molar-refractivity contribution in [3.63, 3.8) is 0 Å². The van der Waals surface area contributed by atoms with Gasteiger partial charge in [-0.3, -0.25) is 4.79 Å². The predicted molar refractivity (Wildman–Crippen MR) is 71.7 cm³/mol. The third-order valence-corrected chi connectivity index (χ3v) is 3.85. The standard InChI is InChI=1S/C14H17F3N2O2/c1-8-3-4-9(14(15,16)17)5-10(8)19-12(20)13(2)7-21-6-11(13)18/h3-5,11H,6-7,18H2,1-2H3,(H,19,20). The third-order valence-electron chi connectivity index (χ3n) is 3.85. The fourth-order valence-corrected chi connectivity index (χ4v) is 2.12. The zero-order valence-electron chi connectivity index (χ0n) is 11.8. The number of nitrogens with two attached hydrogens (primary N) is 1. The number of hydrogen-bond donors (Lipinski definition) is 2. The molecule has 1 heterocycles. The molecular formula is C14H17F3N2O2. The number of ether oxygens (including phenoxy) is 1. The van der Waals surface area contributed by atoms with Gasteiger partial charge in [0.05, 0.1) is 24.2 Å². The van der Waals surface area contributed by atoms with E-state index in [1.165, 1.54) is 6.07 Å². The average molecular weight is 302 g/mol. The van der Waals surface area contributed by atoms with Crippen molar-refractivity contribution in [3.05, 3.63) is 29.3 Å². The second-order valence-electron chi connectivity index (χ2n) is 5.52. The molecule has 21 heavy (non-hydrogen) atoms. The molecule has 2 rings (SSSR count). The first kappa shape index (κ1) is 15.8. The molecule has 0 saturated carbocycles. The van der Waals surface area contributed by atoms with E-state index in [1.54, 1.807) is 13.8 Å². The SMILES string of the molecule is Cc1ccc(C(F)(F)F)cc1NC(=O)C1(C)COCC1N. The van der Waals surface area contributed by atoms with E-state index in [0.29, 0.717) is 5.56 Å². The number of hydrogen-bond acceptors (Lipinski definition) is 3. The van der Waals surface area contributed by atoms with Crippen LogP contribution < -0.4 is 11.1 Å². The van der Waals surface area contributed by atoms with Crippen molar-refractivity contribution in [2.45, 2.75) is 26.1 Å².